The lowest BCUT2D eigenvalue weighted by atomic mass is 10.3. The number of aromatic amines is 6. The summed E-state index contributed by atoms with van der Waals surface area (Å²) in [6.45, 7) is 63.8. The van der Waals surface area contributed by atoms with Gasteiger partial charge >= 0.3 is 0 Å². The highest BCUT2D eigenvalue weighted by Crippen LogP contribution is 1.92. The average Bonchev–Trinajstić information content (AvgIpc) is 3.46. The molecule has 6 N–H and O–H groups in total. The van der Waals surface area contributed by atoms with Crippen LogP contribution in [0.5, 0.6) is 0 Å². The largest absolute Gasteiger partial charge is 0.367 e. The second-order valence-corrected chi connectivity index (χ2v) is 15.4. The van der Waals surface area contributed by atoms with Gasteiger partial charge in [0.1, 0.15) is 30.6 Å². The minimum absolute atomic E-state index is 0.856. The number of nitrogens with one attached hydrogen (secondary N) is 6. The molecule has 0 radical (unpaired) electrons. The van der Waals surface area contributed by atoms with Gasteiger partial charge in [0.2, 0.25) is 0 Å². The quantitative estimate of drug-likeness (QED) is 0.0835. The maximum absolute atomic E-state index is 3.93. The first-order valence-electron chi connectivity index (χ1n) is 34.7. The Bertz CT molecular complexity index is 2200. The van der Waals surface area contributed by atoms with Crippen LogP contribution in [0.25, 0.3) is 0 Å². The maximum Gasteiger partial charge on any atom is 0.137 e. The molecule has 0 amide bonds. The molecule has 1 aliphatic heterocycles. The summed E-state index contributed by atoms with van der Waals surface area (Å²) in [5.74, 6) is 1.82. The summed E-state index contributed by atoms with van der Waals surface area (Å²) in [5, 5.41) is 28.4. The van der Waals surface area contributed by atoms with Crippen LogP contribution >= 0.6 is 0 Å². The predicted molar refractivity (Wildman–Crippen MR) is 425 cm³/mol. The van der Waals surface area contributed by atoms with E-state index in [1.807, 2.05) is 351 Å². The maximum atomic E-state index is 3.93. The zero-order valence-corrected chi connectivity index (χ0v) is 68.5. The molecule has 0 aliphatic carbocycles. The van der Waals surface area contributed by atoms with E-state index in [2.05, 4.69) is 97.6 Å². The van der Waals surface area contributed by atoms with Crippen molar-refractivity contribution in [2.75, 3.05) is 0 Å². The van der Waals surface area contributed by atoms with E-state index in [0.29, 0.717) is 0 Å². The Hall–Kier alpha value is -9.28. The second kappa shape index (κ2) is 108. The molecule has 1 aliphatic rings. The molecule has 97 heavy (non-hydrogen) atoms. The summed E-state index contributed by atoms with van der Waals surface area (Å²) in [5.41, 5.74) is 7.03. The van der Waals surface area contributed by atoms with E-state index in [1.165, 1.54) is 23.1 Å². The number of nitrogens with zero attached hydrogens (tertiary/aromatic N) is 17. The van der Waals surface area contributed by atoms with Gasteiger partial charge in [-0.15, -0.1) is 10.2 Å². The Morgan fingerprint density at radius 1 is 0.402 bits per heavy atom. The molecule has 0 fully saturated rings. The van der Waals surface area contributed by atoms with Crippen molar-refractivity contribution in [1.82, 2.24) is 103 Å². The van der Waals surface area contributed by atoms with Crippen molar-refractivity contribution < 1.29 is 0 Å². The Morgan fingerprint density at radius 3 is 1.04 bits per heavy atom. The van der Waals surface area contributed by atoms with E-state index < -0.39 is 0 Å². The third-order valence-corrected chi connectivity index (χ3v) is 8.04. The zero-order chi connectivity index (χ0) is 77.7. The van der Waals surface area contributed by atoms with Crippen molar-refractivity contribution >= 4 is 11.9 Å². The molecule has 0 bridgehead atoms. The molecule has 23 heteroatoms. The van der Waals surface area contributed by atoms with Gasteiger partial charge in [-0.25, -0.2) is 24.9 Å². The molecule has 0 aromatic carbocycles. The SMILES string of the molecule is CC.CC.CC.CC.CC.CC.CC.CC.CC.CC.CC.CC.CC1=NN=CC1.Cc1cc[nH]c1.Cc1ccc[nH]1.Cc1cnc[nH]1.Cc1cnc[nH]1.Cc1cnn(C)c1.Cc1ncc[nH]1.Cc1ncn[nH]1.Cn1cccc1.Cn1cccn1.Cn1ccnc1.Cn1cnnc1. The Morgan fingerprint density at radius 2 is 0.928 bits per heavy atom. The van der Waals surface area contributed by atoms with E-state index in [9.17, 15) is 0 Å². The third-order valence-electron chi connectivity index (χ3n) is 8.04. The first kappa shape index (κ1) is 115. The fourth-order valence-electron chi connectivity index (χ4n) is 4.33. The van der Waals surface area contributed by atoms with Crippen molar-refractivity contribution in [2.45, 2.75) is 228 Å². The van der Waals surface area contributed by atoms with Crippen LogP contribution in [-0.4, -0.2) is 115 Å². The molecule has 12 rings (SSSR count). The first-order valence-corrected chi connectivity index (χ1v) is 34.7. The summed E-state index contributed by atoms with van der Waals surface area (Å²) in [6, 6.07) is 11.9. The van der Waals surface area contributed by atoms with E-state index in [1.54, 1.807) is 89.0 Å². The van der Waals surface area contributed by atoms with Gasteiger partial charge in [-0.2, -0.15) is 25.5 Å². The van der Waals surface area contributed by atoms with Crippen molar-refractivity contribution in [2.24, 2.45) is 45.4 Å². The number of imidazole rings is 4. The van der Waals surface area contributed by atoms with Crippen LogP contribution in [0, 0.1) is 48.5 Å². The van der Waals surface area contributed by atoms with Crippen LogP contribution in [0.4, 0.5) is 0 Å². The molecule has 11 aromatic heterocycles. The molecule has 0 atom stereocenters. The van der Waals surface area contributed by atoms with Crippen LogP contribution in [0.15, 0.2) is 178 Å². The number of aromatic nitrogens is 21. The predicted octanol–water partition coefficient (Wildman–Crippen LogP) is 20.5. The molecular weight excluding hydrogens is 1210 g/mol. The van der Waals surface area contributed by atoms with E-state index in [4.69, 9.17) is 0 Å². The lowest BCUT2D eigenvalue weighted by molar-refractivity contribution is 0.767. The fraction of sp³-hybridized carbons (Fsp3) is 0.514. The minimum Gasteiger partial charge on any atom is -0.367 e. The molecule has 0 unspecified atom stereocenters. The number of hydrogen-bond acceptors (Lipinski definition) is 12. The molecule has 558 valence electrons. The number of aryl methyl sites for hydroxylation is 12. The van der Waals surface area contributed by atoms with Gasteiger partial charge in [-0.05, 0) is 103 Å². The van der Waals surface area contributed by atoms with Crippen LogP contribution in [0.2, 0.25) is 0 Å². The smallest absolute Gasteiger partial charge is 0.137 e. The lowest BCUT2D eigenvalue weighted by Crippen LogP contribution is -1.83. The van der Waals surface area contributed by atoms with Crippen molar-refractivity contribution in [3.63, 3.8) is 0 Å². The van der Waals surface area contributed by atoms with Crippen LogP contribution in [0.1, 0.15) is 219 Å². The summed E-state index contributed by atoms with van der Waals surface area (Å²) < 4.78 is 9.20. The van der Waals surface area contributed by atoms with Crippen LogP contribution < -0.4 is 0 Å². The Labute approximate surface area is 593 Å². The van der Waals surface area contributed by atoms with Gasteiger partial charge in [0, 0.05) is 157 Å². The minimum atomic E-state index is 0.856. The van der Waals surface area contributed by atoms with Crippen molar-refractivity contribution in [3.05, 3.63) is 207 Å². The molecule has 23 nitrogen and oxygen atoms in total. The second-order valence-electron chi connectivity index (χ2n) is 15.4. The number of hydrogen-bond donors (Lipinski definition) is 6. The zero-order valence-electron chi connectivity index (χ0n) is 68.5. The van der Waals surface area contributed by atoms with Gasteiger partial charge in [0.15, 0.2) is 0 Å². The number of rotatable bonds is 0. The topological polar surface area (TPSA) is 273 Å². The summed E-state index contributed by atoms with van der Waals surface area (Å²) >= 11 is 0. The molecule has 0 saturated carbocycles. The molecule has 11 aromatic rings. The molecule has 0 spiro atoms. The summed E-state index contributed by atoms with van der Waals surface area (Å²) in [4.78, 5) is 33.5. The van der Waals surface area contributed by atoms with Crippen molar-refractivity contribution in [3.8, 4) is 0 Å². The highest BCUT2D eigenvalue weighted by Gasteiger charge is 1.90. The van der Waals surface area contributed by atoms with Gasteiger partial charge in [-0.3, -0.25) is 14.5 Å². The molecule has 0 saturated heterocycles. The fourth-order valence-corrected chi connectivity index (χ4v) is 4.33. The van der Waals surface area contributed by atoms with Crippen molar-refractivity contribution in [1.29, 1.82) is 0 Å². The Balaban J connectivity index is -0.0000000790. The normalized spacial score (nSPS) is 8.03. The first-order chi connectivity index (χ1) is 47.1. The van der Waals surface area contributed by atoms with Gasteiger partial charge in [0.05, 0.1) is 25.2 Å². The average molecular weight is 1360 g/mol. The van der Waals surface area contributed by atoms with Crippen LogP contribution in [-0.2, 0) is 35.2 Å². The van der Waals surface area contributed by atoms with E-state index in [-0.39, 0.29) is 0 Å². The standard InChI is InChI=1S/C5H8N2.3C5H7N.6C4H6N2.2C3H5N3.12C2H6/c1-5-3-6-7(2)4-5;1-5-2-3-6-4-5;1-6-4-2-3-5-6;1-5-3-2-4-6-5;2*1-4-2-5-3-6-4;1-6-3-2-5-4-6;1-6-4-2-3-5-6;1-4-5-2-3-6-4;1-4-2-3-5-6-4;1-6-2-4-5-3-6;1-3-4-2-5-6-3;12*1-2/h3-4H,1-2H3;2-4,6H,1H3;2-5H,1H3;2-4,6H,1H3;2*2-3H,1H3,(H,5,6);2*2-4H,1H3;2-3H,1H3,(H,5,6);3H,2H2,1H3;2-3H,1H3;2H,1H3,(H,4,5,6);12*1-2H3. The molecular formula is C74H147N23. The van der Waals surface area contributed by atoms with E-state index >= 15 is 0 Å². The number of H-pyrrole nitrogens is 6. The van der Waals surface area contributed by atoms with Gasteiger partial charge in [0.25, 0.3) is 0 Å². The lowest BCUT2D eigenvalue weighted by Gasteiger charge is -1.79. The van der Waals surface area contributed by atoms with Crippen LogP contribution in [0.3, 0.4) is 0 Å². The Kier molecular flexibility index (Phi) is 128. The van der Waals surface area contributed by atoms with E-state index in [0.717, 1.165) is 35.2 Å². The van der Waals surface area contributed by atoms with Gasteiger partial charge < -0.3 is 38.6 Å². The highest BCUT2D eigenvalue weighted by atomic mass is 15.2. The highest BCUT2D eigenvalue weighted by molar-refractivity contribution is 5.96. The molecule has 12 heterocycles. The van der Waals surface area contributed by atoms with Gasteiger partial charge in [-0.1, -0.05) is 166 Å². The summed E-state index contributed by atoms with van der Waals surface area (Å²) in [6.07, 6.45) is 40.5. The summed E-state index contributed by atoms with van der Waals surface area (Å²) in [7, 11) is 9.61. The third kappa shape index (κ3) is 106. The monoisotopic (exact) mass is 1360 g/mol.